The molecule has 7 aliphatic rings. The summed E-state index contributed by atoms with van der Waals surface area (Å²) in [6.07, 6.45) is 28.5. The summed E-state index contributed by atoms with van der Waals surface area (Å²) >= 11 is 0. The number of ether oxygens (including phenoxy) is 3. The average Bonchev–Trinajstić information content (AvgIpc) is 3.32. The number of nitrogens with one attached hydrogen (secondary N) is 2. The van der Waals surface area contributed by atoms with Gasteiger partial charge in [0, 0.05) is 12.1 Å². The number of aliphatic carboxylic acids is 1. The molecule has 64 heavy (non-hydrogen) atoms. The number of hydrogen-bond donors (Lipinski definition) is 4. The van der Waals surface area contributed by atoms with Crippen molar-refractivity contribution >= 4 is 17.8 Å². The summed E-state index contributed by atoms with van der Waals surface area (Å²) in [5.41, 5.74) is 3.33. The van der Waals surface area contributed by atoms with Gasteiger partial charge in [0.05, 0.1) is 75.2 Å². The van der Waals surface area contributed by atoms with Crippen molar-refractivity contribution in [3.8, 4) is 0 Å². The highest BCUT2D eigenvalue weighted by atomic mass is 17.2. The van der Waals surface area contributed by atoms with Crippen LogP contribution in [0.1, 0.15) is 180 Å². The van der Waals surface area contributed by atoms with Crippen molar-refractivity contribution in [2.45, 2.75) is 216 Å². The number of amides is 1. The van der Waals surface area contributed by atoms with Crippen molar-refractivity contribution < 1.29 is 58.5 Å². The fourth-order valence-corrected chi connectivity index (χ4v) is 12.5. The van der Waals surface area contributed by atoms with Crippen LogP contribution in [-0.4, -0.2) is 97.7 Å². The lowest BCUT2D eigenvalue weighted by Crippen LogP contribution is -2.47. The molecule has 8 atom stereocenters. The molecule has 7 fully saturated rings. The van der Waals surface area contributed by atoms with E-state index < -0.39 is 17.8 Å². The van der Waals surface area contributed by atoms with Gasteiger partial charge in [-0.25, -0.2) is 14.7 Å². The van der Waals surface area contributed by atoms with Gasteiger partial charge in [0.1, 0.15) is 0 Å². The summed E-state index contributed by atoms with van der Waals surface area (Å²) < 4.78 is 19.2. The van der Waals surface area contributed by atoms with Gasteiger partial charge < -0.3 is 29.5 Å². The van der Waals surface area contributed by atoms with Crippen LogP contribution in [0.4, 0.5) is 0 Å². The third-order valence-electron chi connectivity index (χ3n) is 16.6. The number of hydrogen-bond acceptors (Lipinski definition) is 12. The number of hydroxylamine groups is 1. The maximum atomic E-state index is 13.6. The average molecular weight is 905 g/mol. The molecule has 0 heterocycles. The third-order valence-corrected chi connectivity index (χ3v) is 16.6. The van der Waals surface area contributed by atoms with Crippen LogP contribution in [0.3, 0.4) is 0 Å². The van der Waals surface area contributed by atoms with Gasteiger partial charge in [-0.3, -0.25) is 19.6 Å². The second kappa shape index (κ2) is 26.6. The summed E-state index contributed by atoms with van der Waals surface area (Å²) in [5, 5.41) is 22.5. The molecule has 0 aliphatic heterocycles. The minimum atomic E-state index is -0.884. The molecule has 4 N–H and O–H groups in total. The van der Waals surface area contributed by atoms with Crippen LogP contribution in [0.15, 0.2) is 0 Å². The molecule has 7 saturated carbocycles. The van der Waals surface area contributed by atoms with E-state index in [1.54, 1.807) is 0 Å². The van der Waals surface area contributed by atoms with Crippen molar-refractivity contribution in [3.63, 3.8) is 0 Å². The van der Waals surface area contributed by atoms with E-state index in [0.29, 0.717) is 57.5 Å². The van der Waals surface area contributed by atoms with Gasteiger partial charge in [-0.15, -0.1) is 0 Å². The smallest absolute Gasteiger partial charge is 0.308 e. The first-order chi connectivity index (χ1) is 31.3. The van der Waals surface area contributed by atoms with Gasteiger partial charge in [-0.1, -0.05) is 38.5 Å². The first-order valence-corrected chi connectivity index (χ1v) is 26.2. The Bertz CT molecular complexity index is 1380. The maximum Gasteiger partial charge on any atom is 0.308 e. The van der Waals surface area contributed by atoms with E-state index in [2.05, 4.69) is 15.7 Å². The van der Waals surface area contributed by atoms with E-state index >= 15 is 0 Å². The highest BCUT2D eigenvalue weighted by molar-refractivity contribution is 5.85. The minimum absolute atomic E-state index is 0.0401. The van der Waals surface area contributed by atoms with Gasteiger partial charge in [-0.2, -0.15) is 5.48 Å². The highest BCUT2D eigenvalue weighted by Gasteiger charge is 2.41. The minimum Gasteiger partial charge on any atom is -0.481 e. The van der Waals surface area contributed by atoms with Crippen molar-refractivity contribution in [2.75, 3.05) is 33.0 Å². The second-order valence-corrected chi connectivity index (χ2v) is 21.3. The largest absolute Gasteiger partial charge is 0.481 e. The summed E-state index contributed by atoms with van der Waals surface area (Å²) in [6, 6.07) is 0.293. The summed E-state index contributed by atoms with van der Waals surface area (Å²) in [7, 11) is 0. The number of rotatable bonds is 21. The molecule has 0 spiro atoms. The zero-order valence-corrected chi connectivity index (χ0v) is 38.9. The lowest BCUT2D eigenvalue weighted by atomic mass is 9.73. The number of carboxylic acid groups (broad SMARTS) is 1. The lowest BCUT2D eigenvalue weighted by Gasteiger charge is -2.38. The Morgan fingerprint density at radius 1 is 0.484 bits per heavy atom. The monoisotopic (exact) mass is 905 g/mol. The van der Waals surface area contributed by atoms with E-state index in [0.717, 1.165) is 109 Å². The van der Waals surface area contributed by atoms with Gasteiger partial charge in [0.15, 0.2) is 0 Å². The number of carbonyl (C=O) groups excluding carboxylic acids is 2. The number of carboxylic acids is 1. The first-order valence-electron chi connectivity index (χ1n) is 26.2. The van der Waals surface area contributed by atoms with Gasteiger partial charge in [0.2, 0.25) is 5.91 Å². The predicted molar refractivity (Wildman–Crippen MR) is 238 cm³/mol. The molecular weight excluding hydrogens is 821 g/mol. The van der Waals surface area contributed by atoms with Crippen molar-refractivity contribution in [1.29, 1.82) is 0 Å². The standard InChI is InChI=1S/C50H84N2O12/c53-48(47-26-36(14-25-46(47)49(54)55)31-62-61-30-35-10-5-2-6-11-35)51-40-17-21-42(22-18-40)63-44-12-7-13-45(28-44)64-43-23-19-41(20-24-43)52-59-32-39-27-37(15-16-38(39)33-60-57)50(56)58-29-34-8-3-1-4-9-34/h34-47,52,57H,1-33H2,(H,51,53)(H,54,55). The van der Waals surface area contributed by atoms with E-state index in [1.807, 2.05) is 0 Å². The van der Waals surface area contributed by atoms with Crippen LogP contribution in [0, 0.1) is 47.3 Å². The van der Waals surface area contributed by atoms with E-state index in [-0.39, 0.29) is 78.7 Å². The van der Waals surface area contributed by atoms with Crippen LogP contribution in [0.5, 0.6) is 0 Å². The van der Waals surface area contributed by atoms with Crippen LogP contribution in [0.2, 0.25) is 0 Å². The normalized spacial score (nSPS) is 36.0. The Hall–Kier alpha value is -1.91. The van der Waals surface area contributed by atoms with Gasteiger partial charge in [-0.05, 0) is 171 Å². The molecule has 366 valence electrons. The molecular formula is C50H84N2O12. The fourth-order valence-electron chi connectivity index (χ4n) is 12.5. The molecule has 8 unspecified atom stereocenters. The zero-order valence-electron chi connectivity index (χ0n) is 38.9. The number of esters is 1. The molecule has 14 heteroatoms. The molecule has 1 amide bonds. The lowest BCUT2D eigenvalue weighted by molar-refractivity contribution is -0.310. The Kier molecular flexibility index (Phi) is 20.8. The van der Waals surface area contributed by atoms with E-state index in [9.17, 15) is 24.7 Å². The second-order valence-electron chi connectivity index (χ2n) is 21.3. The third kappa shape index (κ3) is 15.8. The molecule has 0 aromatic rings. The highest BCUT2D eigenvalue weighted by Crippen LogP contribution is 2.38. The Morgan fingerprint density at radius 3 is 1.72 bits per heavy atom. The SMILES string of the molecule is O=C(OCC1CCCCC1)C1CCC(COO)C(CONC2CCC(OC3CCCC(OC4CCC(NC(=O)C5CC(COOCC6CCCCC6)CCC5C(=O)O)CC4)C3)CC2)C1. The maximum absolute atomic E-state index is 13.6. The summed E-state index contributed by atoms with van der Waals surface area (Å²) in [4.78, 5) is 60.6. The van der Waals surface area contributed by atoms with Crippen LogP contribution in [0.25, 0.3) is 0 Å². The molecule has 0 bridgehead atoms. The summed E-state index contributed by atoms with van der Waals surface area (Å²) in [6.45, 7) is 2.29. The Balaban J connectivity index is 0.751. The van der Waals surface area contributed by atoms with Crippen LogP contribution < -0.4 is 10.8 Å². The molecule has 0 aromatic carbocycles. The predicted octanol–water partition coefficient (Wildman–Crippen LogP) is 8.88. The Labute approximate surface area is 382 Å². The molecule has 14 nitrogen and oxygen atoms in total. The van der Waals surface area contributed by atoms with Crippen LogP contribution >= 0.6 is 0 Å². The quantitative estimate of drug-likeness (QED) is 0.0372. The van der Waals surface area contributed by atoms with Gasteiger partial charge >= 0.3 is 11.9 Å². The van der Waals surface area contributed by atoms with E-state index in [4.69, 9.17) is 28.8 Å². The molecule has 0 aromatic heterocycles. The van der Waals surface area contributed by atoms with Gasteiger partial charge in [0.25, 0.3) is 0 Å². The fraction of sp³-hybridized carbons (Fsp3) is 0.940. The van der Waals surface area contributed by atoms with Crippen molar-refractivity contribution in [3.05, 3.63) is 0 Å². The molecule has 7 rings (SSSR count). The molecule has 0 saturated heterocycles. The summed E-state index contributed by atoms with van der Waals surface area (Å²) in [5.74, 6) is -1.01. The Morgan fingerprint density at radius 2 is 1.09 bits per heavy atom. The zero-order chi connectivity index (χ0) is 44.5. The number of carbonyl (C=O) groups is 3. The first kappa shape index (κ1) is 50.0. The molecule has 7 aliphatic carbocycles. The van der Waals surface area contributed by atoms with Crippen LogP contribution in [-0.2, 0) is 48.1 Å². The molecule has 0 radical (unpaired) electrons. The van der Waals surface area contributed by atoms with E-state index in [1.165, 1.54) is 51.4 Å². The van der Waals surface area contributed by atoms with Crippen molar-refractivity contribution in [2.24, 2.45) is 47.3 Å². The van der Waals surface area contributed by atoms with Crippen molar-refractivity contribution in [1.82, 2.24) is 10.8 Å². The topological polar surface area (TPSA) is 180 Å².